The van der Waals surface area contributed by atoms with Gasteiger partial charge in [0, 0.05) is 9.34 Å². The second kappa shape index (κ2) is 7.67. The van der Waals surface area contributed by atoms with Gasteiger partial charge >= 0.3 is 0 Å². The van der Waals surface area contributed by atoms with Crippen molar-refractivity contribution >= 4 is 34.2 Å². The van der Waals surface area contributed by atoms with E-state index in [-0.39, 0.29) is 5.41 Å². The smallest absolute Gasteiger partial charge is 0.0292 e. The monoisotopic (exact) mass is 480 g/mol. The van der Waals surface area contributed by atoms with Gasteiger partial charge in [-0.1, -0.05) is 98.0 Å². The van der Waals surface area contributed by atoms with Gasteiger partial charge in [0.1, 0.15) is 0 Å². The molecule has 2 aromatic rings. The summed E-state index contributed by atoms with van der Waals surface area (Å²) >= 11 is 2.57. The molecule has 1 atom stereocenters. The van der Waals surface area contributed by atoms with Crippen molar-refractivity contribution in [1.29, 1.82) is 0 Å². The lowest BCUT2D eigenvalue weighted by atomic mass is 9.80. The maximum atomic E-state index is 2.57. The third-order valence-corrected chi connectivity index (χ3v) is 7.59. The third-order valence-electron chi connectivity index (χ3n) is 6.35. The first kappa shape index (κ1) is 19.7. The molecule has 0 N–H and O–H groups in total. The molecule has 0 bridgehead atoms. The van der Waals surface area contributed by atoms with E-state index in [0.717, 1.165) is 12.8 Å². The van der Waals surface area contributed by atoms with Crippen LogP contribution in [-0.2, 0) is 11.8 Å². The van der Waals surface area contributed by atoms with E-state index in [1.165, 1.54) is 50.9 Å². The summed E-state index contributed by atoms with van der Waals surface area (Å²) in [5.74, 6) is 0. The highest BCUT2D eigenvalue weighted by atomic mass is 127. The molecule has 0 aromatic heterocycles. The Morgan fingerprint density at radius 2 is 1.96 bits per heavy atom. The minimum Gasteiger partial charge on any atom is -0.0836 e. The van der Waals surface area contributed by atoms with Crippen LogP contribution >= 0.6 is 22.6 Å². The fourth-order valence-electron chi connectivity index (χ4n) is 4.72. The number of benzene rings is 2. The van der Waals surface area contributed by atoms with Gasteiger partial charge in [0.15, 0.2) is 0 Å². The van der Waals surface area contributed by atoms with Gasteiger partial charge < -0.3 is 0 Å². The number of allylic oxidation sites excluding steroid dienone is 5. The molecule has 1 unspecified atom stereocenters. The molecule has 4 rings (SSSR count). The zero-order valence-electron chi connectivity index (χ0n) is 17.4. The van der Waals surface area contributed by atoms with Crippen molar-refractivity contribution in [3.8, 4) is 11.1 Å². The van der Waals surface area contributed by atoms with Gasteiger partial charge in [-0.2, -0.15) is 0 Å². The van der Waals surface area contributed by atoms with Crippen molar-refractivity contribution in [1.82, 2.24) is 0 Å². The molecule has 0 heterocycles. The summed E-state index contributed by atoms with van der Waals surface area (Å²) in [6.07, 6.45) is 12.9. The number of halogens is 1. The van der Waals surface area contributed by atoms with Gasteiger partial charge in [-0.3, -0.25) is 0 Å². The largest absolute Gasteiger partial charge is 0.0836 e. The molecule has 0 spiro atoms. The topological polar surface area (TPSA) is 0 Å². The van der Waals surface area contributed by atoms with Crippen LogP contribution in [0, 0.1) is 0 Å². The Bertz CT molecular complexity index is 1000. The minimum atomic E-state index is 0.0382. The molecule has 0 nitrogen and oxygen atoms in total. The van der Waals surface area contributed by atoms with Crippen molar-refractivity contribution in [3.63, 3.8) is 0 Å². The molecular weight excluding hydrogens is 451 g/mol. The molecule has 0 saturated heterocycles. The van der Waals surface area contributed by atoms with Gasteiger partial charge in [-0.15, -0.1) is 0 Å². The molecule has 2 aliphatic carbocycles. The van der Waals surface area contributed by atoms with Gasteiger partial charge in [0.05, 0.1) is 0 Å². The van der Waals surface area contributed by atoms with Crippen LogP contribution in [0.2, 0.25) is 0 Å². The number of alkyl halides is 1. The highest BCUT2D eigenvalue weighted by molar-refractivity contribution is 14.1. The van der Waals surface area contributed by atoms with Crippen LogP contribution in [0.5, 0.6) is 0 Å². The Morgan fingerprint density at radius 3 is 2.71 bits per heavy atom. The molecule has 1 heteroatoms. The van der Waals surface area contributed by atoms with Crippen LogP contribution in [0.25, 0.3) is 22.8 Å². The lowest BCUT2D eigenvalue weighted by Gasteiger charge is -2.24. The van der Waals surface area contributed by atoms with Crippen LogP contribution < -0.4 is 0 Å². The Labute approximate surface area is 183 Å². The number of rotatable bonds is 3. The SMILES string of the molecule is C/C=C1\C(=C/C(I)CC)C(C)(C)c2cc(-c3cccc4c3C=CCC4)ccc21. The van der Waals surface area contributed by atoms with Crippen molar-refractivity contribution in [2.45, 2.75) is 56.3 Å². The zero-order valence-corrected chi connectivity index (χ0v) is 19.5. The predicted molar refractivity (Wildman–Crippen MR) is 132 cm³/mol. The molecule has 28 heavy (non-hydrogen) atoms. The fourth-order valence-corrected chi connectivity index (χ4v) is 5.08. The molecule has 0 fully saturated rings. The van der Waals surface area contributed by atoms with Gasteiger partial charge in [0.2, 0.25) is 0 Å². The summed E-state index contributed by atoms with van der Waals surface area (Å²) in [6.45, 7) is 9.21. The van der Waals surface area contributed by atoms with Crippen LogP contribution in [0.4, 0.5) is 0 Å². The van der Waals surface area contributed by atoms with Crippen molar-refractivity contribution in [2.24, 2.45) is 0 Å². The lowest BCUT2D eigenvalue weighted by molar-refractivity contribution is 0.657. The van der Waals surface area contributed by atoms with E-state index in [9.17, 15) is 0 Å². The molecule has 2 aromatic carbocycles. The first-order chi connectivity index (χ1) is 13.5. The average Bonchev–Trinajstić information content (AvgIpc) is 2.93. The predicted octanol–water partition coefficient (Wildman–Crippen LogP) is 8.15. The van der Waals surface area contributed by atoms with E-state index in [0.29, 0.717) is 3.92 Å². The van der Waals surface area contributed by atoms with Crippen LogP contribution in [0.3, 0.4) is 0 Å². The standard InChI is InChI=1S/C27H29I/c1-5-20(28)17-26-21(6-2)24-15-14-19(16-25(24)27(26,3)4)23-13-9-11-18-10-7-8-12-22(18)23/h6,8-9,11-17,20H,5,7,10H2,1-4H3/b21-6-,26-17+. The summed E-state index contributed by atoms with van der Waals surface area (Å²) in [7, 11) is 0. The summed E-state index contributed by atoms with van der Waals surface area (Å²) in [6, 6.07) is 13.9. The van der Waals surface area contributed by atoms with Crippen LogP contribution in [0.15, 0.2) is 60.2 Å². The number of fused-ring (bicyclic) bond motifs is 2. The van der Waals surface area contributed by atoms with E-state index in [1.807, 2.05) is 0 Å². The number of aryl methyl sites for hydroxylation is 1. The summed E-state index contributed by atoms with van der Waals surface area (Å²) in [5.41, 5.74) is 11.4. The number of hydrogen-bond donors (Lipinski definition) is 0. The maximum Gasteiger partial charge on any atom is 0.0292 e. The normalized spacial score (nSPS) is 21.0. The Morgan fingerprint density at radius 1 is 1.14 bits per heavy atom. The zero-order chi connectivity index (χ0) is 19.9. The fraction of sp³-hybridized carbons (Fsp3) is 0.333. The minimum absolute atomic E-state index is 0.0382. The first-order valence-electron chi connectivity index (χ1n) is 10.4. The van der Waals surface area contributed by atoms with E-state index >= 15 is 0 Å². The quantitative estimate of drug-likeness (QED) is 0.307. The summed E-state index contributed by atoms with van der Waals surface area (Å²) < 4.78 is 0.571. The third kappa shape index (κ3) is 3.22. The highest BCUT2D eigenvalue weighted by Crippen LogP contribution is 2.51. The molecule has 2 aliphatic rings. The Kier molecular flexibility index (Phi) is 5.39. The van der Waals surface area contributed by atoms with E-state index in [1.54, 1.807) is 0 Å². The van der Waals surface area contributed by atoms with Crippen molar-refractivity contribution < 1.29 is 0 Å². The highest BCUT2D eigenvalue weighted by Gasteiger charge is 2.38. The van der Waals surface area contributed by atoms with Gasteiger partial charge in [0.25, 0.3) is 0 Å². The molecule has 0 radical (unpaired) electrons. The van der Waals surface area contributed by atoms with Gasteiger partial charge in [-0.05, 0) is 76.8 Å². The molecule has 0 saturated carbocycles. The van der Waals surface area contributed by atoms with Gasteiger partial charge in [-0.25, -0.2) is 0 Å². The van der Waals surface area contributed by atoms with E-state index < -0.39 is 0 Å². The van der Waals surface area contributed by atoms with Crippen molar-refractivity contribution in [3.05, 3.63) is 82.5 Å². The second-order valence-electron chi connectivity index (χ2n) is 8.41. The summed E-state index contributed by atoms with van der Waals surface area (Å²) in [5, 5.41) is 0. The van der Waals surface area contributed by atoms with E-state index in [4.69, 9.17) is 0 Å². The van der Waals surface area contributed by atoms with Crippen molar-refractivity contribution in [2.75, 3.05) is 0 Å². The second-order valence-corrected chi connectivity index (χ2v) is 10.0. The lowest BCUT2D eigenvalue weighted by Crippen LogP contribution is -2.16. The molecular formula is C27H29I. The molecule has 0 amide bonds. The molecule has 144 valence electrons. The number of hydrogen-bond acceptors (Lipinski definition) is 0. The first-order valence-corrected chi connectivity index (χ1v) is 11.7. The average molecular weight is 480 g/mol. The van der Waals surface area contributed by atoms with Crippen LogP contribution in [-0.4, -0.2) is 3.92 Å². The maximum absolute atomic E-state index is 2.57. The Balaban J connectivity index is 1.87. The summed E-state index contributed by atoms with van der Waals surface area (Å²) in [4.78, 5) is 0. The molecule has 0 aliphatic heterocycles. The van der Waals surface area contributed by atoms with E-state index in [2.05, 4.69) is 111 Å². The Hall–Kier alpha value is -1.61. The van der Waals surface area contributed by atoms with Crippen LogP contribution in [0.1, 0.15) is 62.8 Å².